The van der Waals surface area contributed by atoms with Gasteiger partial charge in [0.05, 0.1) is 0 Å². The van der Waals surface area contributed by atoms with Gasteiger partial charge in [0.15, 0.2) is 49.6 Å². The molecule has 0 saturated heterocycles. The second-order valence-corrected chi connectivity index (χ2v) is 33.9. The average Bonchev–Trinajstić information content (AvgIpc) is 0.732. The summed E-state index contributed by atoms with van der Waals surface area (Å²) in [6.45, 7) is 15.7. The van der Waals surface area contributed by atoms with Gasteiger partial charge in [-0.3, -0.25) is 0 Å². The topological polar surface area (TPSA) is 233 Å². The molecule has 6 heterocycles. The van der Waals surface area contributed by atoms with E-state index >= 15 is 0 Å². The number of aromatic hydroxyl groups is 2. The first-order valence-electron chi connectivity index (χ1n) is 32.5. The molecule has 484 valence electrons. The van der Waals surface area contributed by atoms with Gasteiger partial charge >= 0.3 is 35.2 Å². The predicted molar refractivity (Wildman–Crippen MR) is 352 cm³/mol. The Morgan fingerprint density at radius 3 is 1.13 bits per heavy atom. The molecule has 4 aromatic carbocycles. The molecule has 8 N–H and O–H groups in total. The van der Waals surface area contributed by atoms with Crippen LogP contribution in [0, 0.1) is 0 Å². The zero-order chi connectivity index (χ0) is 65.1. The highest BCUT2D eigenvalue weighted by Crippen LogP contribution is 2.56. The lowest BCUT2D eigenvalue weighted by molar-refractivity contribution is -0.697. The maximum atomic E-state index is 13.4. The number of phenols is 2. The number of hydrogen-bond acceptors (Lipinski definition) is 14. The van der Waals surface area contributed by atoms with Crippen molar-refractivity contribution in [2.75, 3.05) is 0 Å². The Morgan fingerprint density at radius 1 is 0.402 bits per heavy atom. The molecule has 0 fully saturated rings. The van der Waals surface area contributed by atoms with E-state index in [1.807, 2.05) is 213 Å². The molecule has 6 atom stereocenters. The van der Waals surface area contributed by atoms with Crippen LogP contribution in [0.25, 0.3) is 0 Å². The molecular formula is C70H88N4O14Si4+4. The number of pyridine rings is 4. The molecule has 2 aliphatic heterocycles. The van der Waals surface area contributed by atoms with Crippen LogP contribution in [0.15, 0.2) is 153 Å². The van der Waals surface area contributed by atoms with Gasteiger partial charge in [-0.2, -0.15) is 0 Å². The third kappa shape index (κ3) is 14.2. The van der Waals surface area contributed by atoms with Gasteiger partial charge in [0.25, 0.3) is 0 Å². The first-order valence-corrected chi connectivity index (χ1v) is 40.5. The van der Waals surface area contributed by atoms with Gasteiger partial charge in [0.1, 0.15) is 72.2 Å². The Labute approximate surface area is 543 Å². The lowest BCUT2D eigenvalue weighted by atomic mass is 9.78. The van der Waals surface area contributed by atoms with Crippen molar-refractivity contribution < 1.29 is 83.8 Å². The molecule has 0 radical (unpaired) electrons. The highest BCUT2D eigenvalue weighted by molar-refractivity contribution is 6.61. The number of benzene rings is 4. The molecule has 92 heavy (non-hydrogen) atoms. The smallest absolute Gasteiger partial charge is 0.508 e. The molecule has 1 aliphatic carbocycles. The SMILES string of the molecule is CCc1c(O)c2cc3c1O[Si](O)(CCC[n+]1ccccc1)Oc1c(cc(c(O[Si](O)(O)CCC[n+]4ccccc4)c1CC)[C@H](C)c1cc4c(cc1O)O[Si](O)(CCC[n+]1ccccc1)Oc1c(cc(c(O[Si](O)(O)CCC[n+]5ccccc5)c1CC)[C@@H]2C)[C@H]4C)[C@H]3C. The number of hydrogen-bond donors (Lipinski definition) is 8. The monoisotopic (exact) mass is 1320 g/mol. The molecule has 2 unspecified atom stereocenters. The Hall–Kier alpha value is -7.49. The minimum absolute atomic E-state index is 0.0596. The number of nitrogens with zero attached hydrogens (tertiary/aromatic N) is 4. The van der Waals surface area contributed by atoms with Crippen molar-refractivity contribution in [2.45, 2.75) is 167 Å². The van der Waals surface area contributed by atoms with E-state index < -0.39 is 58.9 Å². The summed E-state index contributed by atoms with van der Waals surface area (Å²) in [5, 5.41) is 25.8. The molecule has 0 amide bonds. The average molecular weight is 1320 g/mol. The Bertz CT molecular complexity index is 3910. The van der Waals surface area contributed by atoms with E-state index in [-0.39, 0.29) is 89.4 Å². The summed E-state index contributed by atoms with van der Waals surface area (Å²) in [7, 11) is -18.2. The van der Waals surface area contributed by atoms with Gasteiger partial charge in [-0.15, -0.1) is 0 Å². The first-order chi connectivity index (χ1) is 44.1. The fraction of sp³-hybridized carbons (Fsp3) is 0.371. The Morgan fingerprint density at radius 2 is 0.728 bits per heavy atom. The minimum Gasteiger partial charge on any atom is -0.508 e. The number of aryl methyl sites for hydroxylation is 4. The minimum atomic E-state index is -4.64. The first kappa shape index (κ1) is 66.0. The third-order valence-corrected chi connectivity index (χ3v) is 25.6. The molecule has 11 rings (SSSR count). The van der Waals surface area contributed by atoms with Crippen molar-refractivity contribution in [1.82, 2.24) is 0 Å². The second kappa shape index (κ2) is 27.6. The van der Waals surface area contributed by atoms with E-state index in [0.717, 1.165) is 0 Å². The molecule has 0 spiro atoms. The second-order valence-electron chi connectivity index (χ2n) is 24.9. The maximum Gasteiger partial charge on any atom is 0.629 e. The van der Waals surface area contributed by atoms with Crippen LogP contribution in [0.3, 0.4) is 0 Å². The van der Waals surface area contributed by atoms with Gasteiger partial charge in [0.2, 0.25) is 0 Å². The summed E-state index contributed by atoms with van der Waals surface area (Å²) >= 11 is 0. The van der Waals surface area contributed by atoms with Crippen LogP contribution in [0.2, 0.25) is 24.2 Å². The lowest BCUT2D eigenvalue weighted by Gasteiger charge is -2.38. The van der Waals surface area contributed by atoms with Crippen LogP contribution in [-0.2, 0) is 45.4 Å². The van der Waals surface area contributed by atoms with Crippen LogP contribution in [0.4, 0.5) is 0 Å². The molecule has 18 nitrogen and oxygen atoms in total. The lowest BCUT2D eigenvalue weighted by Crippen LogP contribution is -2.51. The van der Waals surface area contributed by atoms with Gasteiger partial charge in [-0.1, -0.05) is 72.7 Å². The molecule has 3 aliphatic rings. The largest absolute Gasteiger partial charge is 0.629 e. The van der Waals surface area contributed by atoms with Crippen LogP contribution in [0.1, 0.15) is 159 Å². The van der Waals surface area contributed by atoms with E-state index in [4.69, 9.17) is 26.6 Å². The van der Waals surface area contributed by atoms with Crippen molar-refractivity contribution in [3.8, 4) is 46.0 Å². The third-order valence-electron chi connectivity index (χ3n) is 18.5. The van der Waals surface area contributed by atoms with Crippen LogP contribution in [0.5, 0.6) is 46.0 Å². The summed E-state index contributed by atoms with van der Waals surface area (Å²) in [5.41, 5.74) is 5.80. The maximum absolute atomic E-state index is 13.4. The molecule has 4 aromatic heterocycles. The van der Waals surface area contributed by atoms with Gasteiger partial charge in [-0.05, 0) is 43.5 Å². The fourth-order valence-electron chi connectivity index (χ4n) is 13.4. The zero-order valence-electron chi connectivity index (χ0n) is 53.7. The number of rotatable bonds is 23. The van der Waals surface area contributed by atoms with Crippen molar-refractivity contribution in [3.05, 3.63) is 214 Å². The number of fused-ring (bicyclic) bond motifs is 4. The van der Waals surface area contributed by atoms with E-state index in [1.165, 1.54) is 6.07 Å². The summed E-state index contributed by atoms with van der Waals surface area (Å²) < 4.78 is 49.7. The molecule has 8 bridgehead atoms. The van der Waals surface area contributed by atoms with Gasteiger partial charge in [0, 0.05) is 189 Å². The molecule has 8 aromatic rings. The normalized spacial score (nSPS) is 19.9. The Balaban J connectivity index is 1.16. The summed E-state index contributed by atoms with van der Waals surface area (Å²) in [6.07, 6.45) is 17.8. The molecule has 0 saturated carbocycles. The van der Waals surface area contributed by atoms with Crippen molar-refractivity contribution in [1.29, 1.82) is 0 Å². The zero-order valence-corrected chi connectivity index (χ0v) is 57.7. The van der Waals surface area contributed by atoms with E-state index in [9.17, 15) is 39.0 Å². The highest BCUT2D eigenvalue weighted by atomic mass is 28.4. The van der Waals surface area contributed by atoms with E-state index in [1.54, 1.807) is 0 Å². The summed E-state index contributed by atoms with van der Waals surface area (Å²) in [6, 6.07) is 32.4. The Kier molecular flexibility index (Phi) is 19.8. The van der Waals surface area contributed by atoms with Crippen LogP contribution < -0.4 is 44.8 Å². The van der Waals surface area contributed by atoms with Gasteiger partial charge in [-0.25, -0.2) is 18.3 Å². The van der Waals surface area contributed by atoms with Crippen LogP contribution >= 0.6 is 0 Å². The number of aromatic nitrogens is 4. The summed E-state index contributed by atoms with van der Waals surface area (Å²) in [5.74, 6) is -1.59. The predicted octanol–water partition coefficient (Wildman–Crippen LogP) is 9.23. The summed E-state index contributed by atoms with van der Waals surface area (Å²) in [4.78, 5) is 75.8. The van der Waals surface area contributed by atoms with E-state index in [2.05, 4.69) is 0 Å². The molecule has 22 heteroatoms. The van der Waals surface area contributed by atoms with Crippen molar-refractivity contribution >= 4 is 35.2 Å². The van der Waals surface area contributed by atoms with Crippen LogP contribution in [-0.4, -0.2) is 74.2 Å². The molecular weight excluding hydrogens is 1230 g/mol. The van der Waals surface area contributed by atoms with Gasteiger partial charge < -0.3 is 65.5 Å². The standard InChI is InChI=1S/C70H86N4O14Si4/c1-8-52-65(76)57-44-58-51(7)62-45-59(67(84-89(77,78)39-23-35-71-27-15-11-16-28-71)53(9-2)70(62)88-92(82,86-66(52)58)42-26-38-74-33-21-14-22-34-74)48(4)55-43-56-49(5)60-46-61(50(57)6)68(85-90(79,80)40-24-36-72-29-17-12-18-30-72)54(10-3)69(60)87-91(81,83-64(56)47-63(55)75)41-25-37-73-31-19-13-20-32-73/h11-22,27-34,43-51,77-82H,8-10,23-26,35-42H2,1-7H3/q+2/p+2/t48-,49+,50-,51+,91?,92?/m1/s1. The van der Waals surface area contributed by atoms with E-state index in [0.29, 0.717) is 113 Å². The highest BCUT2D eigenvalue weighted by Gasteiger charge is 2.51. The quantitative estimate of drug-likeness (QED) is 0.0220. The van der Waals surface area contributed by atoms with Crippen molar-refractivity contribution in [2.24, 2.45) is 0 Å². The number of phenolic OH excluding ortho intramolecular Hbond substituents is 2. The fourth-order valence-corrected chi connectivity index (χ4v) is 19.9. The van der Waals surface area contributed by atoms with Crippen molar-refractivity contribution in [3.63, 3.8) is 0 Å².